The van der Waals surface area contributed by atoms with Crippen molar-refractivity contribution in [1.82, 2.24) is 19.4 Å². The first kappa shape index (κ1) is 27.1. The van der Waals surface area contributed by atoms with Crippen molar-refractivity contribution in [2.75, 3.05) is 18.4 Å². The van der Waals surface area contributed by atoms with Gasteiger partial charge in [-0.1, -0.05) is 37.6 Å². The summed E-state index contributed by atoms with van der Waals surface area (Å²) in [6.07, 6.45) is 11.0. The van der Waals surface area contributed by atoms with Crippen LogP contribution in [0.3, 0.4) is 0 Å². The van der Waals surface area contributed by atoms with Gasteiger partial charge in [0.25, 0.3) is 0 Å². The molecule has 0 radical (unpaired) electrons. The second-order valence-electron chi connectivity index (χ2n) is 11.5. The number of nitrogens with two attached hydrogens (primary N) is 1. The number of aliphatic hydroxyl groups excluding tert-OH is 2. The van der Waals surface area contributed by atoms with Crippen LogP contribution in [0.5, 0.6) is 0 Å². The molecule has 2 fully saturated rings. The van der Waals surface area contributed by atoms with E-state index < -0.39 is 6.23 Å². The van der Waals surface area contributed by atoms with Gasteiger partial charge in [0.05, 0.1) is 6.10 Å². The molecule has 1 aliphatic carbocycles. The average molecular weight is 521 g/mol. The number of benzene rings is 1. The Morgan fingerprint density at radius 3 is 2.45 bits per heavy atom. The van der Waals surface area contributed by atoms with E-state index >= 15 is 0 Å². The van der Waals surface area contributed by atoms with E-state index in [9.17, 15) is 10.2 Å². The van der Waals surface area contributed by atoms with Gasteiger partial charge < -0.3 is 25.8 Å². The second kappa shape index (κ2) is 12.1. The number of likely N-dealkylation sites (tertiary alicyclic amines) is 1. The summed E-state index contributed by atoms with van der Waals surface area (Å²) < 4.78 is 2.33. The van der Waals surface area contributed by atoms with Crippen LogP contribution in [0.15, 0.2) is 36.7 Å². The summed E-state index contributed by atoms with van der Waals surface area (Å²) in [5.41, 5.74) is 10.3. The molecule has 2 unspecified atom stereocenters. The first-order chi connectivity index (χ1) is 18.4. The third kappa shape index (κ3) is 6.20. The Morgan fingerprint density at radius 2 is 1.79 bits per heavy atom. The van der Waals surface area contributed by atoms with E-state index in [1.807, 2.05) is 6.20 Å². The summed E-state index contributed by atoms with van der Waals surface area (Å²) in [5, 5.41) is 24.3. The van der Waals surface area contributed by atoms with Crippen molar-refractivity contribution in [3.8, 4) is 11.1 Å². The minimum Gasteiger partial charge on any atom is -0.393 e. The van der Waals surface area contributed by atoms with Gasteiger partial charge in [-0.2, -0.15) is 4.98 Å². The fraction of sp³-hybridized carbons (Fsp3) is 0.600. The molecule has 3 heterocycles. The zero-order chi connectivity index (χ0) is 26.6. The average Bonchev–Trinajstić information content (AvgIpc) is 3.29. The molecule has 38 heavy (non-hydrogen) atoms. The van der Waals surface area contributed by atoms with Crippen molar-refractivity contribution in [2.24, 2.45) is 11.7 Å². The zero-order valence-electron chi connectivity index (χ0n) is 22.9. The maximum atomic E-state index is 10.1. The Hall–Kier alpha value is -2.52. The lowest BCUT2D eigenvalue weighted by molar-refractivity contribution is 0.0617. The van der Waals surface area contributed by atoms with Crippen LogP contribution in [-0.2, 0) is 6.54 Å². The number of nitrogens with zero attached hydrogens (tertiary/aromatic N) is 4. The number of hydrogen-bond donors (Lipinski definition) is 4. The highest BCUT2D eigenvalue weighted by Crippen LogP contribution is 2.37. The molecule has 206 valence electrons. The third-order valence-electron chi connectivity index (χ3n) is 8.51. The molecule has 2 atom stereocenters. The number of aliphatic hydroxyl groups is 2. The van der Waals surface area contributed by atoms with E-state index in [1.165, 1.54) is 11.1 Å². The Morgan fingerprint density at radius 1 is 1.08 bits per heavy atom. The summed E-state index contributed by atoms with van der Waals surface area (Å²) >= 11 is 0. The fourth-order valence-corrected chi connectivity index (χ4v) is 6.17. The molecule has 8 nitrogen and oxygen atoms in total. The van der Waals surface area contributed by atoms with Crippen LogP contribution in [-0.4, -0.2) is 61.1 Å². The molecule has 0 bridgehead atoms. The van der Waals surface area contributed by atoms with Crippen LogP contribution in [0, 0.1) is 5.92 Å². The molecule has 0 amide bonds. The fourth-order valence-electron chi connectivity index (χ4n) is 6.17. The molecular weight excluding hydrogens is 476 g/mol. The summed E-state index contributed by atoms with van der Waals surface area (Å²) in [6.45, 7) is 7.21. The summed E-state index contributed by atoms with van der Waals surface area (Å²) in [6, 6.07) is 9.53. The van der Waals surface area contributed by atoms with Crippen LogP contribution < -0.4 is 11.1 Å². The van der Waals surface area contributed by atoms with Crippen molar-refractivity contribution in [1.29, 1.82) is 0 Å². The van der Waals surface area contributed by atoms with Crippen LogP contribution in [0.4, 0.5) is 5.95 Å². The molecule has 1 aliphatic heterocycles. The number of rotatable bonds is 9. The molecule has 1 saturated heterocycles. The van der Waals surface area contributed by atoms with E-state index in [2.05, 4.69) is 59.1 Å². The molecule has 1 aromatic carbocycles. The molecule has 0 spiro atoms. The van der Waals surface area contributed by atoms with E-state index in [-0.39, 0.29) is 12.0 Å². The standard InChI is InChI=1S/C30H44N6O2/c1-3-4-20(2)33-30-32-17-26-27(19-36(29(26)34-30)24-9-11-25(37)12-10-24)22-7-5-21(6-8-22)18-35-15-13-23(14-16-35)28(31)38/h5-8,17,19-20,23-25,28,37-38H,3-4,9-16,18,31H2,1-2H3,(H,32,33,34). The van der Waals surface area contributed by atoms with E-state index in [0.29, 0.717) is 18.0 Å². The Labute approximate surface area is 226 Å². The third-order valence-corrected chi connectivity index (χ3v) is 8.51. The lowest BCUT2D eigenvalue weighted by Crippen LogP contribution is -2.40. The number of hydrogen-bond acceptors (Lipinski definition) is 7. The molecule has 5 N–H and O–H groups in total. The highest BCUT2D eigenvalue weighted by Gasteiger charge is 2.25. The van der Waals surface area contributed by atoms with Crippen LogP contribution in [0.1, 0.15) is 76.8 Å². The Bertz CT molecular complexity index is 1180. The number of fused-ring (bicyclic) bond motifs is 1. The van der Waals surface area contributed by atoms with E-state index in [1.54, 1.807) is 0 Å². The molecule has 1 saturated carbocycles. The van der Waals surface area contributed by atoms with Gasteiger partial charge >= 0.3 is 0 Å². The van der Waals surface area contributed by atoms with Crippen LogP contribution in [0.25, 0.3) is 22.2 Å². The number of nitrogens with one attached hydrogen (secondary N) is 1. The highest BCUT2D eigenvalue weighted by molar-refractivity contribution is 5.94. The minimum atomic E-state index is -0.701. The smallest absolute Gasteiger partial charge is 0.224 e. The van der Waals surface area contributed by atoms with Gasteiger partial charge in [-0.3, -0.25) is 4.90 Å². The summed E-state index contributed by atoms with van der Waals surface area (Å²) in [7, 11) is 0. The normalized spacial score (nSPS) is 23.0. The largest absolute Gasteiger partial charge is 0.393 e. The minimum absolute atomic E-state index is 0.187. The van der Waals surface area contributed by atoms with Gasteiger partial charge in [0.15, 0.2) is 0 Å². The summed E-state index contributed by atoms with van der Waals surface area (Å²) in [5.74, 6) is 0.896. The number of piperidine rings is 1. The van der Waals surface area contributed by atoms with Crippen LogP contribution >= 0.6 is 0 Å². The van der Waals surface area contributed by atoms with Gasteiger partial charge in [0.1, 0.15) is 11.9 Å². The van der Waals surface area contributed by atoms with Gasteiger partial charge in [-0.25, -0.2) is 4.98 Å². The summed E-state index contributed by atoms with van der Waals surface area (Å²) in [4.78, 5) is 12.1. The van der Waals surface area contributed by atoms with Crippen LogP contribution in [0.2, 0.25) is 0 Å². The van der Waals surface area contributed by atoms with Crippen molar-refractivity contribution in [3.63, 3.8) is 0 Å². The molecular formula is C30H44N6O2. The first-order valence-electron chi connectivity index (χ1n) is 14.5. The van der Waals surface area contributed by atoms with Crippen molar-refractivity contribution >= 4 is 17.0 Å². The van der Waals surface area contributed by atoms with E-state index in [4.69, 9.17) is 15.7 Å². The first-order valence-corrected chi connectivity index (χ1v) is 14.5. The molecule has 2 aliphatic rings. The molecule has 2 aromatic heterocycles. The Balaban J connectivity index is 1.38. The monoisotopic (exact) mass is 520 g/mol. The second-order valence-corrected chi connectivity index (χ2v) is 11.5. The van der Waals surface area contributed by atoms with Gasteiger partial charge in [0, 0.05) is 47.9 Å². The maximum absolute atomic E-state index is 10.1. The molecule has 5 rings (SSSR count). The van der Waals surface area contributed by atoms with Gasteiger partial charge in [0.2, 0.25) is 5.95 Å². The highest BCUT2D eigenvalue weighted by atomic mass is 16.3. The van der Waals surface area contributed by atoms with Crippen molar-refractivity contribution in [2.45, 2.75) is 96.2 Å². The molecule has 8 heteroatoms. The SMILES string of the molecule is CCCC(C)Nc1ncc2c(-c3ccc(CN4CCC(C(N)O)CC4)cc3)cn(C3CCC(O)CC3)c2n1. The maximum Gasteiger partial charge on any atom is 0.224 e. The van der Waals surface area contributed by atoms with Gasteiger partial charge in [-0.05, 0) is 76.1 Å². The predicted molar refractivity (Wildman–Crippen MR) is 153 cm³/mol. The number of anilines is 1. The Kier molecular flexibility index (Phi) is 8.63. The van der Waals surface area contributed by atoms with Crippen molar-refractivity contribution < 1.29 is 10.2 Å². The van der Waals surface area contributed by atoms with Gasteiger partial charge in [-0.15, -0.1) is 0 Å². The quantitative estimate of drug-likeness (QED) is 0.304. The van der Waals surface area contributed by atoms with E-state index in [0.717, 1.165) is 87.6 Å². The van der Waals surface area contributed by atoms with Crippen molar-refractivity contribution in [3.05, 3.63) is 42.2 Å². The zero-order valence-corrected chi connectivity index (χ0v) is 22.9. The lowest BCUT2D eigenvalue weighted by atomic mass is 9.93. The lowest BCUT2D eigenvalue weighted by Gasteiger charge is -2.33. The molecule has 3 aromatic rings. The number of aromatic nitrogens is 3. The topological polar surface area (TPSA) is 112 Å². The predicted octanol–water partition coefficient (Wildman–Crippen LogP) is 4.66.